The summed E-state index contributed by atoms with van der Waals surface area (Å²) in [5.74, 6) is 0.205. The molecule has 0 fully saturated rings. The van der Waals surface area contributed by atoms with Gasteiger partial charge in [0.2, 0.25) is 0 Å². The van der Waals surface area contributed by atoms with Gasteiger partial charge in [-0.2, -0.15) is 0 Å². The minimum Gasteiger partial charge on any atom is -0.493 e. The molecule has 0 saturated heterocycles. The van der Waals surface area contributed by atoms with E-state index < -0.39 is 12.0 Å². The van der Waals surface area contributed by atoms with Crippen molar-refractivity contribution in [2.75, 3.05) is 18.5 Å². The summed E-state index contributed by atoms with van der Waals surface area (Å²) < 4.78 is 11.1. The fourth-order valence-electron chi connectivity index (χ4n) is 2.56. The molecule has 0 aliphatic carbocycles. The van der Waals surface area contributed by atoms with E-state index in [1.54, 1.807) is 6.92 Å². The number of ether oxygens (including phenoxy) is 2. The zero-order valence-electron chi connectivity index (χ0n) is 14.4. The molecule has 2 rings (SSSR count). The average molecular weight is 411 g/mol. The van der Waals surface area contributed by atoms with Gasteiger partial charge in [-0.3, -0.25) is 0 Å². The highest BCUT2D eigenvalue weighted by atomic mass is 79.9. The number of benzene rings is 1. The van der Waals surface area contributed by atoms with E-state index >= 15 is 0 Å². The molecule has 0 aromatic heterocycles. The molecule has 1 aliphatic rings. The van der Waals surface area contributed by atoms with Gasteiger partial charge < -0.3 is 20.1 Å². The van der Waals surface area contributed by atoms with E-state index in [1.807, 2.05) is 31.2 Å². The number of hydrogen-bond donors (Lipinski definition) is 2. The molecule has 1 atom stereocenters. The maximum absolute atomic E-state index is 12.6. The van der Waals surface area contributed by atoms with E-state index in [9.17, 15) is 9.59 Å². The van der Waals surface area contributed by atoms with Crippen LogP contribution in [-0.4, -0.2) is 30.5 Å². The third-order valence-corrected chi connectivity index (χ3v) is 4.25. The molecule has 25 heavy (non-hydrogen) atoms. The lowest BCUT2D eigenvalue weighted by Gasteiger charge is -2.29. The summed E-state index contributed by atoms with van der Waals surface area (Å²) in [5.41, 5.74) is 1.61. The number of carbonyl (C=O) groups is 2. The Labute approximate surface area is 156 Å². The predicted molar refractivity (Wildman–Crippen MR) is 98.7 cm³/mol. The van der Waals surface area contributed by atoms with Crippen LogP contribution in [0.4, 0.5) is 4.79 Å². The summed E-state index contributed by atoms with van der Waals surface area (Å²) >= 11 is 3.31. The normalized spacial score (nSPS) is 16.9. The van der Waals surface area contributed by atoms with Crippen molar-refractivity contribution >= 4 is 27.9 Å². The highest BCUT2D eigenvalue weighted by Gasteiger charge is 2.33. The van der Waals surface area contributed by atoms with Crippen LogP contribution in [0.1, 0.15) is 38.3 Å². The molecule has 2 amide bonds. The molecule has 6 nitrogen and oxygen atoms in total. The van der Waals surface area contributed by atoms with Crippen LogP contribution >= 0.6 is 15.9 Å². The van der Waals surface area contributed by atoms with Gasteiger partial charge in [0.05, 0.1) is 24.8 Å². The van der Waals surface area contributed by atoms with Crippen LogP contribution < -0.4 is 15.4 Å². The molecule has 2 N–H and O–H groups in total. The topological polar surface area (TPSA) is 76.7 Å². The van der Waals surface area contributed by atoms with Crippen LogP contribution in [-0.2, 0) is 9.53 Å². The Balaban J connectivity index is 2.34. The highest BCUT2D eigenvalue weighted by molar-refractivity contribution is 9.09. The maximum Gasteiger partial charge on any atom is 0.338 e. The predicted octanol–water partition coefficient (Wildman–Crippen LogP) is 3.43. The van der Waals surface area contributed by atoms with Crippen molar-refractivity contribution in [3.8, 4) is 5.75 Å². The van der Waals surface area contributed by atoms with Crippen molar-refractivity contribution in [1.82, 2.24) is 10.6 Å². The number of para-hydroxylation sites is 1. The molecule has 1 unspecified atom stereocenters. The molecule has 0 radical (unpaired) electrons. The standard InChI is InChI=1S/C18H23BrN2O4/c1-3-10-24-14-8-5-4-7-13(14)16-15(12(2)20-18(23)21-16)17(22)25-11-6-9-19/h4-5,7-8,16H,3,6,9-11H2,1-2H3,(H2,20,21,23). The molecule has 1 aromatic rings. The summed E-state index contributed by atoms with van der Waals surface area (Å²) in [6.07, 6.45) is 1.59. The van der Waals surface area contributed by atoms with Gasteiger partial charge in [-0.1, -0.05) is 41.1 Å². The first-order valence-corrected chi connectivity index (χ1v) is 9.43. The van der Waals surface area contributed by atoms with E-state index in [4.69, 9.17) is 9.47 Å². The third-order valence-electron chi connectivity index (χ3n) is 3.69. The van der Waals surface area contributed by atoms with Crippen molar-refractivity contribution in [1.29, 1.82) is 0 Å². The number of halogens is 1. The van der Waals surface area contributed by atoms with Gasteiger partial charge in [-0.25, -0.2) is 9.59 Å². The van der Waals surface area contributed by atoms with Crippen molar-refractivity contribution < 1.29 is 19.1 Å². The van der Waals surface area contributed by atoms with E-state index in [-0.39, 0.29) is 6.03 Å². The first-order chi connectivity index (χ1) is 12.1. The van der Waals surface area contributed by atoms with Gasteiger partial charge in [-0.15, -0.1) is 0 Å². The zero-order valence-corrected chi connectivity index (χ0v) is 16.0. The van der Waals surface area contributed by atoms with Crippen LogP contribution in [0.15, 0.2) is 35.5 Å². The van der Waals surface area contributed by atoms with Gasteiger partial charge >= 0.3 is 12.0 Å². The number of esters is 1. The second-order valence-electron chi connectivity index (χ2n) is 5.63. The van der Waals surface area contributed by atoms with Crippen LogP contribution in [0.5, 0.6) is 5.75 Å². The number of nitrogens with one attached hydrogen (secondary N) is 2. The van der Waals surface area contributed by atoms with Crippen molar-refractivity contribution in [3.05, 3.63) is 41.1 Å². The first kappa shape index (κ1) is 19.3. The molecular formula is C18H23BrN2O4. The van der Waals surface area contributed by atoms with Gasteiger partial charge in [-0.05, 0) is 25.8 Å². The van der Waals surface area contributed by atoms with Crippen molar-refractivity contribution in [2.45, 2.75) is 32.7 Å². The number of rotatable bonds is 8. The molecule has 0 bridgehead atoms. The summed E-state index contributed by atoms with van der Waals surface area (Å²) in [4.78, 5) is 24.5. The summed E-state index contributed by atoms with van der Waals surface area (Å²) in [7, 11) is 0. The Kier molecular flexibility index (Phi) is 7.31. The SMILES string of the molecule is CCCOc1ccccc1C1NC(=O)NC(C)=C1C(=O)OCCCBr. The Hall–Kier alpha value is -2.02. The maximum atomic E-state index is 12.6. The Bertz CT molecular complexity index is 660. The number of allylic oxidation sites excluding steroid dienone is 1. The second kappa shape index (κ2) is 9.46. The average Bonchev–Trinajstić information content (AvgIpc) is 2.59. The molecule has 1 heterocycles. The quantitative estimate of drug-likeness (QED) is 0.391. The summed E-state index contributed by atoms with van der Waals surface area (Å²) in [6, 6.07) is 6.43. The van der Waals surface area contributed by atoms with Crippen LogP contribution in [0.3, 0.4) is 0 Å². The second-order valence-corrected chi connectivity index (χ2v) is 6.43. The van der Waals surface area contributed by atoms with Crippen LogP contribution in [0.25, 0.3) is 0 Å². The molecular weight excluding hydrogens is 388 g/mol. The number of amides is 2. The van der Waals surface area contributed by atoms with E-state index in [2.05, 4.69) is 26.6 Å². The lowest BCUT2D eigenvalue weighted by molar-refractivity contribution is -0.139. The van der Waals surface area contributed by atoms with Crippen molar-refractivity contribution in [3.63, 3.8) is 0 Å². The van der Waals surface area contributed by atoms with Crippen LogP contribution in [0.2, 0.25) is 0 Å². The fourth-order valence-corrected chi connectivity index (χ4v) is 2.79. The molecule has 1 aliphatic heterocycles. The van der Waals surface area contributed by atoms with E-state index in [1.165, 1.54) is 0 Å². The molecule has 0 spiro atoms. The lowest BCUT2D eigenvalue weighted by Crippen LogP contribution is -2.45. The monoisotopic (exact) mass is 410 g/mol. The van der Waals surface area contributed by atoms with Gasteiger partial charge in [0, 0.05) is 16.6 Å². The number of carbonyl (C=O) groups excluding carboxylic acids is 2. The van der Waals surface area contributed by atoms with Gasteiger partial charge in [0.25, 0.3) is 0 Å². The highest BCUT2D eigenvalue weighted by Crippen LogP contribution is 2.33. The summed E-state index contributed by atoms with van der Waals surface area (Å²) in [5, 5.41) is 6.20. The Morgan fingerprint density at radius 1 is 1.28 bits per heavy atom. The lowest BCUT2D eigenvalue weighted by atomic mass is 9.95. The fraction of sp³-hybridized carbons (Fsp3) is 0.444. The minimum atomic E-state index is -0.613. The largest absolute Gasteiger partial charge is 0.493 e. The molecule has 0 saturated carbocycles. The smallest absolute Gasteiger partial charge is 0.338 e. The number of alkyl halides is 1. The van der Waals surface area contributed by atoms with Gasteiger partial charge in [0.15, 0.2) is 0 Å². The molecule has 1 aromatic carbocycles. The zero-order chi connectivity index (χ0) is 18.2. The number of hydrogen-bond acceptors (Lipinski definition) is 4. The van der Waals surface area contributed by atoms with E-state index in [0.29, 0.717) is 30.2 Å². The van der Waals surface area contributed by atoms with Crippen molar-refractivity contribution in [2.24, 2.45) is 0 Å². The van der Waals surface area contributed by atoms with Crippen LogP contribution in [0, 0.1) is 0 Å². The molecule has 136 valence electrons. The summed E-state index contributed by atoms with van der Waals surface area (Å²) in [6.45, 7) is 4.59. The minimum absolute atomic E-state index is 0.315. The van der Waals surface area contributed by atoms with E-state index in [0.717, 1.165) is 23.7 Å². The first-order valence-electron chi connectivity index (χ1n) is 8.31. The third kappa shape index (κ3) is 4.98. The molecule has 7 heteroatoms. The number of urea groups is 1. The van der Waals surface area contributed by atoms with Gasteiger partial charge in [0.1, 0.15) is 5.75 Å². The Morgan fingerprint density at radius 3 is 2.76 bits per heavy atom. The Morgan fingerprint density at radius 2 is 2.04 bits per heavy atom.